The first kappa shape index (κ1) is 21.0. The van der Waals surface area contributed by atoms with Gasteiger partial charge < -0.3 is 19.3 Å². The van der Waals surface area contributed by atoms with Crippen LogP contribution in [0.3, 0.4) is 0 Å². The van der Waals surface area contributed by atoms with Gasteiger partial charge in [-0.1, -0.05) is 6.42 Å². The van der Waals surface area contributed by atoms with Crippen LogP contribution in [-0.2, 0) is 4.79 Å². The Labute approximate surface area is 177 Å². The van der Waals surface area contributed by atoms with Gasteiger partial charge in [0.2, 0.25) is 0 Å². The number of nitrogens with zero attached hydrogens (tertiary/aromatic N) is 1. The Morgan fingerprint density at radius 1 is 1.14 bits per heavy atom. The molecule has 0 aliphatic carbocycles. The lowest BCUT2D eigenvalue weighted by atomic mass is 9.94. The van der Waals surface area contributed by atoms with E-state index in [-0.39, 0.29) is 6.04 Å². The summed E-state index contributed by atoms with van der Waals surface area (Å²) in [5.74, 6) is 1.01. The maximum atomic E-state index is 12.0. The zero-order valence-electron chi connectivity index (χ0n) is 16.1. The van der Waals surface area contributed by atoms with Crippen molar-refractivity contribution in [2.75, 3.05) is 27.9 Å². The zero-order chi connectivity index (χ0) is 20.3. The summed E-state index contributed by atoms with van der Waals surface area (Å²) >= 11 is 5.13. The molecule has 6 nitrogen and oxygen atoms in total. The first-order valence-corrected chi connectivity index (χ1v) is 10.6. The van der Waals surface area contributed by atoms with E-state index in [4.69, 9.17) is 14.2 Å². The van der Waals surface area contributed by atoms with Crippen LogP contribution in [0.15, 0.2) is 28.1 Å². The van der Waals surface area contributed by atoms with E-state index in [1.165, 1.54) is 0 Å². The van der Waals surface area contributed by atoms with Gasteiger partial charge in [0.05, 0.1) is 31.2 Å². The molecule has 0 amide bonds. The molecule has 0 spiro atoms. The van der Waals surface area contributed by atoms with Crippen molar-refractivity contribution in [2.24, 2.45) is 0 Å². The number of ether oxygens (including phenoxy) is 3. The highest BCUT2D eigenvalue weighted by Gasteiger charge is 2.37. The quantitative estimate of drug-likeness (QED) is 0.640. The summed E-state index contributed by atoms with van der Waals surface area (Å²) in [5, 5.41) is 9.84. The molecule has 28 heavy (non-hydrogen) atoms. The third-order valence-electron chi connectivity index (χ3n) is 5.05. The molecule has 1 saturated heterocycles. The van der Waals surface area contributed by atoms with Crippen LogP contribution >= 0.6 is 27.3 Å². The number of carboxylic acid groups (broad SMARTS) is 1. The van der Waals surface area contributed by atoms with Crippen LogP contribution in [0, 0.1) is 0 Å². The van der Waals surface area contributed by atoms with E-state index in [0.29, 0.717) is 30.2 Å². The number of aliphatic carboxylic acids is 1. The van der Waals surface area contributed by atoms with Crippen molar-refractivity contribution in [3.05, 3.63) is 38.5 Å². The van der Waals surface area contributed by atoms with E-state index in [9.17, 15) is 9.90 Å². The molecule has 1 aliphatic rings. The van der Waals surface area contributed by atoms with Crippen molar-refractivity contribution in [2.45, 2.75) is 31.3 Å². The fourth-order valence-corrected chi connectivity index (χ4v) is 5.33. The molecule has 1 N–H and O–H groups in total. The first-order valence-electron chi connectivity index (χ1n) is 9.03. The second-order valence-corrected chi connectivity index (χ2v) is 9.08. The van der Waals surface area contributed by atoms with Crippen LogP contribution in [0.1, 0.15) is 35.7 Å². The maximum Gasteiger partial charge on any atom is 0.320 e. The number of likely N-dealkylation sites (tertiary alicyclic amines) is 1. The normalized spacial score (nSPS) is 18.5. The lowest BCUT2D eigenvalue weighted by Crippen LogP contribution is -2.46. The maximum absolute atomic E-state index is 12.0. The minimum Gasteiger partial charge on any atom is -0.496 e. The van der Waals surface area contributed by atoms with Crippen molar-refractivity contribution in [3.63, 3.8) is 0 Å². The Morgan fingerprint density at radius 3 is 2.39 bits per heavy atom. The summed E-state index contributed by atoms with van der Waals surface area (Å²) in [6.07, 6.45) is 2.51. The zero-order valence-corrected chi connectivity index (χ0v) is 18.5. The van der Waals surface area contributed by atoms with E-state index in [1.807, 2.05) is 18.2 Å². The topological polar surface area (TPSA) is 68.2 Å². The van der Waals surface area contributed by atoms with E-state index in [1.54, 1.807) is 38.7 Å². The van der Waals surface area contributed by atoms with Crippen molar-refractivity contribution in [1.82, 2.24) is 4.90 Å². The molecule has 3 rings (SSSR count). The summed E-state index contributed by atoms with van der Waals surface area (Å²) in [6.45, 7) is 0.703. The first-order chi connectivity index (χ1) is 13.5. The van der Waals surface area contributed by atoms with E-state index in [0.717, 1.165) is 27.1 Å². The number of halogens is 1. The minimum atomic E-state index is -0.792. The highest BCUT2D eigenvalue weighted by atomic mass is 79.9. The molecule has 0 radical (unpaired) electrons. The Bertz CT molecular complexity index is 840. The number of carbonyl (C=O) groups is 1. The molecule has 1 aromatic heterocycles. The van der Waals surface area contributed by atoms with Gasteiger partial charge in [-0.15, -0.1) is 11.3 Å². The van der Waals surface area contributed by atoms with Crippen LogP contribution in [0.5, 0.6) is 17.2 Å². The molecule has 2 atom stereocenters. The second kappa shape index (κ2) is 9.15. The number of methoxy groups -OCH3 is 3. The Hall–Kier alpha value is -1.77. The van der Waals surface area contributed by atoms with Crippen LogP contribution < -0.4 is 14.2 Å². The van der Waals surface area contributed by atoms with E-state index >= 15 is 0 Å². The summed E-state index contributed by atoms with van der Waals surface area (Å²) in [4.78, 5) is 15.1. The van der Waals surface area contributed by atoms with Crippen molar-refractivity contribution < 1.29 is 24.1 Å². The molecule has 2 aromatic rings. The van der Waals surface area contributed by atoms with Crippen LogP contribution in [0.25, 0.3) is 0 Å². The Morgan fingerprint density at radius 2 is 1.82 bits per heavy atom. The van der Waals surface area contributed by atoms with E-state index < -0.39 is 12.0 Å². The minimum absolute atomic E-state index is 0.257. The number of hydrogen-bond donors (Lipinski definition) is 1. The van der Waals surface area contributed by atoms with Crippen LogP contribution in [0.2, 0.25) is 0 Å². The second-order valence-electron chi connectivity index (χ2n) is 6.58. The summed E-state index contributed by atoms with van der Waals surface area (Å²) < 4.78 is 17.6. The summed E-state index contributed by atoms with van der Waals surface area (Å²) in [5.41, 5.74) is 0.864. The predicted octanol–water partition coefficient (Wildman–Crippen LogP) is 4.56. The molecule has 1 aliphatic heterocycles. The monoisotopic (exact) mass is 469 g/mol. The lowest BCUT2D eigenvalue weighted by molar-refractivity contribution is -0.145. The Balaban J connectivity index is 2.18. The summed E-state index contributed by atoms with van der Waals surface area (Å²) in [6, 6.07) is 6.90. The van der Waals surface area contributed by atoms with Gasteiger partial charge in [0.15, 0.2) is 11.5 Å². The smallest absolute Gasteiger partial charge is 0.320 e. The standard InChI is InChI=1S/C20H24BrNO5S/c1-25-14-11-16(27-3)15(26-2)10-12(14)19(17-7-8-18(21)28-17)22-9-5-4-6-13(22)20(23)24/h7-8,10-11,13,19H,4-6,9H2,1-3H3,(H,23,24). The molecular weight excluding hydrogens is 446 g/mol. The molecule has 152 valence electrons. The van der Waals surface area contributed by atoms with Crippen molar-refractivity contribution in [3.8, 4) is 17.2 Å². The third kappa shape index (κ3) is 4.14. The van der Waals surface area contributed by atoms with E-state index in [2.05, 4.69) is 20.8 Å². The largest absolute Gasteiger partial charge is 0.496 e. The number of rotatable bonds is 7. The highest BCUT2D eigenvalue weighted by molar-refractivity contribution is 9.11. The third-order valence-corrected chi connectivity index (χ3v) is 6.73. The molecule has 8 heteroatoms. The highest BCUT2D eigenvalue weighted by Crippen LogP contribution is 2.45. The van der Waals surface area contributed by atoms with Gasteiger partial charge >= 0.3 is 5.97 Å². The molecule has 1 fully saturated rings. The summed E-state index contributed by atoms with van der Waals surface area (Å²) in [7, 11) is 4.78. The van der Waals surface area contributed by atoms with Gasteiger partial charge in [-0.3, -0.25) is 9.69 Å². The molecule has 0 saturated carbocycles. The average Bonchev–Trinajstić information content (AvgIpc) is 3.13. The number of hydrogen-bond acceptors (Lipinski definition) is 6. The van der Waals surface area contributed by atoms with Crippen LogP contribution in [-0.4, -0.2) is 49.9 Å². The van der Waals surface area contributed by atoms with Gasteiger partial charge in [-0.2, -0.15) is 0 Å². The predicted molar refractivity (Wildman–Crippen MR) is 112 cm³/mol. The van der Waals surface area contributed by atoms with Crippen molar-refractivity contribution in [1.29, 1.82) is 0 Å². The number of thiophene rings is 1. The van der Waals surface area contributed by atoms with Gasteiger partial charge in [-0.05, 0) is 53.5 Å². The molecule has 1 aromatic carbocycles. The fourth-order valence-electron chi connectivity index (χ4n) is 3.77. The van der Waals surface area contributed by atoms with Crippen LogP contribution in [0.4, 0.5) is 0 Å². The van der Waals surface area contributed by atoms with Gasteiger partial charge in [0.25, 0.3) is 0 Å². The van der Waals surface area contributed by atoms with Gasteiger partial charge in [0.1, 0.15) is 11.8 Å². The molecule has 0 bridgehead atoms. The number of carboxylic acids is 1. The SMILES string of the molecule is COc1cc(OC)c(C(c2ccc(Br)s2)N2CCCCC2C(=O)O)cc1OC. The molecule has 2 heterocycles. The Kier molecular flexibility index (Phi) is 6.85. The fraction of sp³-hybridized carbons (Fsp3) is 0.450. The van der Waals surface area contributed by atoms with Gasteiger partial charge in [0, 0.05) is 16.5 Å². The molecule has 2 unspecified atom stereocenters. The number of benzene rings is 1. The number of piperidine rings is 1. The lowest BCUT2D eigenvalue weighted by Gasteiger charge is -2.39. The average molecular weight is 470 g/mol. The van der Waals surface area contributed by atoms with Gasteiger partial charge in [-0.25, -0.2) is 0 Å². The molecular formula is C20H24BrNO5S. The van der Waals surface area contributed by atoms with Crippen molar-refractivity contribution >= 4 is 33.2 Å².